The average molecular weight is 277 g/mol. The molecule has 1 aliphatic carbocycles. The van der Waals surface area contributed by atoms with E-state index in [0.717, 1.165) is 18.7 Å². The first-order valence-electron chi connectivity index (χ1n) is 6.53. The molecule has 4 rings (SSSR count). The molecule has 1 saturated carbocycles. The molecule has 0 unspecified atom stereocenters. The van der Waals surface area contributed by atoms with Gasteiger partial charge in [-0.05, 0) is 30.2 Å². The van der Waals surface area contributed by atoms with E-state index in [1.54, 1.807) is 11.3 Å². The minimum Gasteiger partial charge on any atom is -0.387 e. The smallest absolute Gasteiger partial charge is 0.241 e. The zero-order valence-electron chi connectivity index (χ0n) is 10.5. The van der Waals surface area contributed by atoms with E-state index in [2.05, 4.69) is 15.0 Å². The third-order valence-electron chi connectivity index (χ3n) is 3.94. The molecule has 0 amide bonds. The van der Waals surface area contributed by atoms with Crippen LogP contribution in [-0.2, 0) is 6.54 Å². The van der Waals surface area contributed by atoms with Crippen LogP contribution < -0.4 is 0 Å². The number of hydrogen-bond donors (Lipinski definition) is 1. The molecule has 2 aromatic heterocycles. The van der Waals surface area contributed by atoms with Crippen molar-refractivity contribution >= 4 is 11.3 Å². The Kier molecular flexibility index (Phi) is 2.51. The largest absolute Gasteiger partial charge is 0.387 e. The van der Waals surface area contributed by atoms with E-state index in [-0.39, 0.29) is 0 Å². The lowest BCUT2D eigenvalue weighted by atomic mass is 9.89. The molecule has 2 fully saturated rings. The summed E-state index contributed by atoms with van der Waals surface area (Å²) in [5.41, 5.74) is 0.550. The Balaban J connectivity index is 1.39. The van der Waals surface area contributed by atoms with E-state index in [1.165, 1.54) is 12.8 Å². The van der Waals surface area contributed by atoms with Gasteiger partial charge in [0.25, 0.3) is 0 Å². The van der Waals surface area contributed by atoms with Gasteiger partial charge < -0.3 is 9.63 Å². The van der Waals surface area contributed by atoms with Crippen LogP contribution in [0.25, 0.3) is 11.4 Å². The third-order valence-corrected chi connectivity index (χ3v) is 4.62. The second kappa shape index (κ2) is 4.13. The van der Waals surface area contributed by atoms with Gasteiger partial charge in [-0.1, -0.05) is 5.16 Å². The number of nitrogens with zero attached hydrogens (tertiary/aromatic N) is 3. The fourth-order valence-electron chi connectivity index (χ4n) is 2.74. The van der Waals surface area contributed by atoms with E-state index < -0.39 is 5.60 Å². The molecule has 0 spiro atoms. The maximum Gasteiger partial charge on any atom is 0.241 e. The quantitative estimate of drug-likeness (QED) is 0.922. The van der Waals surface area contributed by atoms with Crippen LogP contribution in [-0.4, -0.2) is 38.8 Å². The van der Waals surface area contributed by atoms with Crippen molar-refractivity contribution in [3.63, 3.8) is 0 Å². The number of aliphatic hydroxyl groups is 1. The molecular formula is C13H15N3O2S. The van der Waals surface area contributed by atoms with Gasteiger partial charge in [0.1, 0.15) is 0 Å². The summed E-state index contributed by atoms with van der Waals surface area (Å²) >= 11 is 1.62. The molecule has 19 heavy (non-hydrogen) atoms. The van der Waals surface area contributed by atoms with Gasteiger partial charge in [0, 0.05) is 24.0 Å². The van der Waals surface area contributed by atoms with Crippen molar-refractivity contribution in [2.24, 2.45) is 5.92 Å². The fraction of sp³-hybridized carbons (Fsp3) is 0.538. The van der Waals surface area contributed by atoms with Gasteiger partial charge in [-0.25, -0.2) is 0 Å². The topological polar surface area (TPSA) is 62.4 Å². The summed E-state index contributed by atoms with van der Waals surface area (Å²) in [5, 5.41) is 18.2. The van der Waals surface area contributed by atoms with Gasteiger partial charge in [0.05, 0.1) is 12.1 Å². The molecule has 1 N–H and O–H groups in total. The second-order valence-electron chi connectivity index (χ2n) is 5.55. The highest BCUT2D eigenvalue weighted by atomic mass is 32.1. The minimum atomic E-state index is -0.448. The Labute approximate surface area is 114 Å². The molecule has 1 aliphatic heterocycles. The van der Waals surface area contributed by atoms with Gasteiger partial charge in [-0.15, -0.1) is 0 Å². The molecule has 100 valence electrons. The maximum atomic E-state index is 10.2. The Morgan fingerprint density at radius 2 is 2.32 bits per heavy atom. The van der Waals surface area contributed by atoms with E-state index in [1.807, 2.05) is 16.8 Å². The normalized spacial score (nSPS) is 22.4. The van der Waals surface area contributed by atoms with Crippen molar-refractivity contribution in [1.29, 1.82) is 0 Å². The first kappa shape index (κ1) is 11.6. The molecule has 0 aromatic carbocycles. The molecule has 2 aromatic rings. The zero-order chi connectivity index (χ0) is 12.9. The summed E-state index contributed by atoms with van der Waals surface area (Å²) in [6.07, 6.45) is 2.35. The monoisotopic (exact) mass is 277 g/mol. The lowest BCUT2D eigenvalue weighted by Gasteiger charge is -2.46. The van der Waals surface area contributed by atoms with Crippen molar-refractivity contribution < 1.29 is 9.63 Å². The number of β-amino-alcohol motifs (C(OH)–C–C–N with tert-alkyl or cyclic N) is 1. The Morgan fingerprint density at radius 3 is 3.00 bits per heavy atom. The van der Waals surface area contributed by atoms with Gasteiger partial charge >= 0.3 is 0 Å². The molecule has 0 atom stereocenters. The van der Waals surface area contributed by atoms with Crippen LogP contribution in [0.5, 0.6) is 0 Å². The maximum absolute atomic E-state index is 10.2. The predicted molar refractivity (Wildman–Crippen MR) is 70.6 cm³/mol. The number of likely N-dealkylation sites (tertiary alicyclic amines) is 1. The van der Waals surface area contributed by atoms with E-state index in [4.69, 9.17) is 4.52 Å². The van der Waals surface area contributed by atoms with Crippen LogP contribution in [0.15, 0.2) is 21.3 Å². The van der Waals surface area contributed by atoms with Crippen molar-refractivity contribution in [2.75, 3.05) is 13.1 Å². The highest BCUT2D eigenvalue weighted by Crippen LogP contribution is 2.44. The van der Waals surface area contributed by atoms with E-state index in [0.29, 0.717) is 24.2 Å². The Morgan fingerprint density at radius 1 is 1.47 bits per heavy atom. The zero-order valence-corrected chi connectivity index (χ0v) is 11.3. The summed E-state index contributed by atoms with van der Waals surface area (Å²) < 4.78 is 5.26. The van der Waals surface area contributed by atoms with Crippen molar-refractivity contribution in [3.05, 3.63) is 22.7 Å². The van der Waals surface area contributed by atoms with Crippen LogP contribution in [0.2, 0.25) is 0 Å². The molecule has 6 heteroatoms. The van der Waals surface area contributed by atoms with Crippen molar-refractivity contribution in [3.8, 4) is 11.4 Å². The highest BCUT2D eigenvalue weighted by molar-refractivity contribution is 7.08. The number of hydrogen-bond acceptors (Lipinski definition) is 6. The minimum absolute atomic E-state index is 0.448. The van der Waals surface area contributed by atoms with Gasteiger partial charge in [0.2, 0.25) is 11.7 Å². The van der Waals surface area contributed by atoms with Crippen LogP contribution >= 0.6 is 11.3 Å². The molecule has 3 heterocycles. The SMILES string of the molecule is OC1(C2CC2)CN(Cc2nc(-c3ccsc3)no2)C1. The number of aromatic nitrogens is 2. The predicted octanol–water partition coefficient (Wildman–Crippen LogP) is 1.75. The van der Waals surface area contributed by atoms with Crippen LogP contribution in [0.4, 0.5) is 0 Å². The van der Waals surface area contributed by atoms with E-state index in [9.17, 15) is 5.11 Å². The number of thiophene rings is 1. The lowest BCUT2D eigenvalue weighted by Crippen LogP contribution is -2.62. The second-order valence-corrected chi connectivity index (χ2v) is 6.33. The van der Waals surface area contributed by atoms with Gasteiger partial charge in [-0.3, -0.25) is 4.90 Å². The summed E-state index contributed by atoms with van der Waals surface area (Å²) in [5.74, 6) is 1.79. The molecular weight excluding hydrogens is 262 g/mol. The lowest BCUT2D eigenvalue weighted by molar-refractivity contribution is -0.119. The molecule has 0 radical (unpaired) electrons. The third kappa shape index (κ3) is 2.09. The average Bonchev–Trinajstić information content (AvgIpc) is 2.89. The standard InChI is InChI=1S/C13H15N3O2S/c17-13(10-1-2-10)7-16(8-13)5-11-14-12(15-18-11)9-3-4-19-6-9/h3-4,6,10,17H,1-2,5,7-8H2. The van der Waals surface area contributed by atoms with Crippen molar-refractivity contribution in [2.45, 2.75) is 25.0 Å². The summed E-state index contributed by atoms with van der Waals surface area (Å²) in [4.78, 5) is 6.54. The van der Waals surface area contributed by atoms with Crippen LogP contribution in [0.3, 0.4) is 0 Å². The summed E-state index contributed by atoms with van der Waals surface area (Å²) in [7, 11) is 0. The number of rotatable bonds is 4. The fourth-order valence-corrected chi connectivity index (χ4v) is 3.37. The molecule has 0 bridgehead atoms. The van der Waals surface area contributed by atoms with Crippen LogP contribution in [0.1, 0.15) is 18.7 Å². The first-order chi connectivity index (χ1) is 9.23. The molecule has 1 saturated heterocycles. The Hall–Kier alpha value is -1.24. The summed E-state index contributed by atoms with van der Waals surface area (Å²) in [6.45, 7) is 2.09. The first-order valence-corrected chi connectivity index (χ1v) is 7.47. The summed E-state index contributed by atoms with van der Waals surface area (Å²) in [6, 6.07) is 1.98. The van der Waals surface area contributed by atoms with E-state index >= 15 is 0 Å². The van der Waals surface area contributed by atoms with Gasteiger partial charge in [0.15, 0.2) is 0 Å². The highest BCUT2D eigenvalue weighted by Gasteiger charge is 2.51. The molecule has 5 nitrogen and oxygen atoms in total. The van der Waals surface area contributed by atoms with Crippen LogP contribution in [0, 0.1) is 5.92 Å². The van der Waals surface area contributed by atoms with Crippen molar-refractivity contribution in [1.82, 2.24) is 15.0 Å². The Bertz CT molecular complexity index is 570. The van der Waals surface area contributed by atoms with Gasteiger partial charge in [-0.2, -0.15) is 16.3 Å². The molecule has 2 aliphatic rings.